The van der Waals surface area contributed by atoms with Gasteiger partial charge in [-0.2, -0.15) is 0 Å². The van der Waals surface area contributed by atoms with Crippen molar-refractivity contribution >= 4 is 5.78 Å². The summed E-state index contributed by atoms with van der Waals surface area (Å²) in [5.41, 5.74) is 0.855. The highest BCUT2D eigenvalue weighted by molar-refractivity contribution is 5.94. The molecule has 0 amide bonds. The molecular formula is C7H9NO+2. The maximum atomic E-state index is 8.93. The molecule has 1 aromatic rings. The summed E-state index contributed by atoms with van der Waals surface area (Å²) in [7, 11) is 0. The van der Waals surface area contributed by atoms with E-state index >= 15 is 0 Å². The first kappa shape index (κ1) is 5.95. The van der Waals surface area contributed by atoms with Crippen molar-refractivity contribution in [3.8, 4) is 0 Å². The van der Waals surface area contributed by atoms with Crippen LogP contribution < -0.4 is 4.98 Å². The van der Waals surface area contributed by atoms with Crippen molar-refractivity contribution < 1.29 is 9.78 Å². The van der Waals surface area contributed by atoms with Crippen LogP contribution in [0.15, 0.2) is 24.5 Å². The number of ketones is 1. The third-order valence-corrected chi connectivity index (χ3v) is 1.14. The summed E-state index contributed by atoms with van der Waals surface area (Å²) < 4.78 is 0. The number of carbonyl (C=O) groups excluding carboxylic acids is 1. The fourth-order valence-electron chi connectivity index (χ4n) is 0.628. The van der Waals surface area contributed by atoms with Gasteiger partial charge in [-0.05, 0) is 0 Å². The predicted octanol–water partition coefficient (Wildman–Crippen LogP) is 0.414. The number of rotatable bonds is 1. The number of hydrogen-bond acceptors (Lipinski definition) is 0. The number of hydrogen-bond donors (Lipinski definition) is 0. The van der Waals surface area contributed by atoms with Gasteiger partial charge in [0.25, 0.3) is 0 Å². The monoisotopic (exact) mass is 123 g/mol. The standard InChI is InChI=1S/C7H7NO/c1-6(9)7-2-4-8-5-3-7/h2-5H,1H3/p+2. The summed E-state index contributed by atoms with van der Waals surface area (Å²) in [4.78, 5) is 11.8. The van der Waals surface area contributed by atoms with Crippen LogP contribution >= 0.6 is 0 Å². The maximum absolute atomic E-state index is 8.93. The van der Waals surface area contributed by atoms with Crippen molar-refractivity contribution in [2.75, 3.05) is 0 Å². The molecule has 0 bridgehead atoms. The van der Waals surface area contributed by atoms with Gasteiger partial charge in [0.1, 0.15) is 0 Å². The third-order valence-electron chi connectivity index (χ3n) is 1.14. The van der Waals surface area contributed by atoms with Crippen molar-refractivity contribution in [3.63, 3.8) is 0 Å². The molecule has 1 aromatic heterocycles. The molecule has 0 unspecified atom stereocenters. The van der Waals surface area contributed by atoms with Crippen LogP contribution in [0.3, 0.4) is 0 Å². The average Bonchev–Trinajstić information content (AvgIpc) is 1.90. The van der Waals surface area contributed by atoms with Crippen molar-refractivity contribution in [1.82, 2.24) is 0 Å². The smallest absolute Gasteiger partial charge is 0.278 e. The Kier molecular flexibility index (Phi) is 1.58. The molecule has 0 aliphatic rings. The molecule has 0 fully saturated rings. The van der Waals surface area contributed by atoms with Crippen molar-refractivity contribution in [3.05, 3.63) is 30.1 Å². The van der Waals surface area contributed by atoms with E-state index < -0.39 is 0 Å². The highest BCUT2D eigenvalue weighted by Crippen LogP contribution is 1.92. The number of aromatic amines is 1. The van der Waals surface area contributed by atoms with Gasteiger partial charge in [0.2, 0.25) is 0 Å². The Labute approximate surface area is 53.5 Å². The number of H-pyrrole nitrogens is 1. The van der Waals surface area contributed by atoms with Crippen LogP contribution in [0.5, 0.6) is 0 Å². The van der Waals surface area contributed by atoms with E-state index in [9.17, 15) is 0 Å². The van der Waals surface area contributed by atoms with E-state index in [1.807, 2.05) is 12.1 Å². The highest BCUT2D eigenvalue weighted by atomic mass is 16.1. The van der Waals surface area contributed by atoms with Gasteiger partial charge in [0, 0.05) is 12.1 Å². The summed E-state index contributed by atoms with van der Waals surface area (Å²) >= 11 is 0. The topological polar surface area (TPSA) is 35.5 Å². The quantitative estimate of drug-likeness (QED) is 0.383. The van der Waals surface area contributed by atoms with Gasteiger partial charge in [-0.25, -0.2) is 4.98 Å². The normalized spacial score (nSPS) is 9.00. The Morgan fingerprint density at radius 1 is 1.44 bits per heavy atom. The first-order valence-electron chi connectivity index (χ1n) is 2.79. The van der Waals surface area contributed by atoms with Gasteiger partial charge < -0.3 is 0 Å². The first-order chi connectivity index (χ1) is 4.30. The van der Waals surface area contributed by atoms with Crippen molar-refractivity contribution in [2.24, 2.45) is 0 Å². The molecule has 0 spiro atoms. The predicted molar refractivity (Wildman–Crippen MR) is 34.7 cm³/mol. The minimum Gasteiger partial charge on any atom is -0.278 e. The lowest BCUT2D eigenvalue weighted by Crippen LogP contribution is -2.01. The summed E-state index contributed by atoms with van der Waals surface area (Å²) in [6.07, 6.45) is 3.55. The van der Waals surface area contributed by atoms with Gasteiger partial charge in [-0.3, -0.25) is 4.79 Å². The second-order valence-electron chi connectivity index (χ2n) is 1.87. The van der Waals surface area contributed by atoms with E-state index in [2.05, 4.69) is 4.98 Å². The first-order valence-corrected chi connectivity index (χ1v) is 2.79. The summed E-state index contributed by atoms with van der Waals surface area (Å²) in [6, 6.07) is 3.63. The van der Waals surface area contributed by atoms with E-state index in [-0.39, 0.29) is 0 Å². The molecule has 0 aliphatic heterocycles. The molecule has 1 heterocycles. The lowest BCUT2D eigenvalue weighted by molar-refractivity contribution is -0.378. The van der Waals surface area contributed by atoms with Gasteiger partial charge in [0.05, 0.1) is 12.5 Å². The highest BCUT2D eigenvalue weighted by Gasteiger charge is 2.02. The molecule has 0 aliphatic carbocycles. The van der Waals surface area contributed by atoms with E-state index in [0.717, 1.165) is 5.56 Å². The van der Waals surface area contributed by atoms with Crippen molar-refractivity contribution in [2.45, 2.75) is 6.92 Å². The second-order valence-corrected chi connectivity index (χ2v) is 1.87. The van der Waals surface area contributed by atoms with Crippen LogP contribution in [0, 0.1) is 0 Å². The average molecular weight is 123 g/mol. The Morgan fingerprint density at radius 2 is 2.00 bits per heavy atom. The number of aromatic nitrogens is 1. The second kappa shape index (κ2) is 2.40. The zero-order valence-electron chi connectivity index (χ0n) is 5.26. The molecule has 0 atom stereocenters. The molecule has 2 N–H and O–H groups in total. The van der Waals surface area contributed by atoms with E-state index in [1.165, 1.54) is 0 Å². The minimum absolute atomic E-state index is 0.351. The molecule has 0 saturated heterocycles. The SMILES string of the molecule is CC(=[OH+])c1cc[nH+]cc1. The molecule has 2 nitrogen and oxygen atoms in total. The molecule has 0 saturated carbocycles. The Morgan fingerprint density at radius 3 is 2.33 bits per heavy atom. The van der Waals surface area contributed by atoms with Crippen LogP contribution in [-0.2, 0) is 0 Å². The summed E-state index contributed by atoms with van der Waals surface area (Å²) in [5, 5.41) is 0. The lowest BCUT2D eigenvalue weighted by atomic mass is 10.2. The Hall–Kier alpha value is -1.18. The molecular weight excluding hydrogens is 114 g/mol. The molecule has 1 rings (SSSR count). The van der Waals surface area contributed by atoms with E-state index in [1.54, 1.807) is 19.3 Å². The minimum atomic E-state index is 0.351. The van der Waals surface area contributed by atoms with Crippen LogP contribution in [0.1, 0.15) is 12.5 Å². The van der Waals surface area contributed by atoms with Crippen molar-refractivity contribution in [1.29, 1.82) is 0 Å². The zero-order chi connectivity index (χ0) is 6.69. The molecule has 2 heteroatoms. The van der Waals surface area contributed by atoms with Crippen LogP contribution in [0.25, 0.3) is 0 Å². The third kappa shape index (κ3) is 1.35. The Bertz CT molecular complexity index is 205. The molecule has 0 radical (unpaired) electrons. The van der Waals surface area contributed by atoms with Gasteiger partial charge >= 0.3 is 5.78 Å². The summed E-state index contributed by atoms with van der Waals surface area (Å²) in [5.74, 6) is 0.351. The van der Waals surface area contributed by atoms with Crippen LogP contribution in [-0.4, -0.2) is 10.6 Å². The van der Waals surface area contributed by atoms with Gasteiger partial charge in [0.15, 0.2) is 12.4 Å². The molecule has 46 valence electrons. The molecule has 0 aromatic carbocycles. The van der Waals surface area contributed by atoms with E-state index in [0.29, 0.717) is 5.78 Å². The fourth-order valence-corrected chi connectivity index (χ4v) is 0.628. The maximum Gasteiger partial charge on any atom is 0.320 e. The Balaban J connectivity index is 2.98. The van der Waals surface area contributed by atoms with Crippen LogP contribution in [0.2, 0.25) is 0 Å². The summed E-state index contributed by atoms with van der Waals surface area (Å²) in [6.45, 7) is 1.66. The van der Waals surface area contributed by atoms with Gasteiger partial charge in [-0.15, -0.1) is 0 Å². The van der Waals surface area contributed by atoms with E-state index in [4.69, 9.17) is 4.79 Å². The number of pyridine rings is 1. The van der Waals surface area contributed by atoms with Gasteiger partial charge in [-0.1, -0.05) is 0 Å². The largest absolute Gasteiger partial charge is 0.320 e. The lowest BCUT2D eigenvalue weighted by Gasteiger charge is -1.80. The fraction of sp³-hybridized carbons (Fsp3) is 0.143. The molecule has 9 heavy (non-hydrogen) atoms. The zero-order valence-corrected chi connectivity index (χ0v) is 5.26. The van der Waals surface area contributed by atoms with Crippen LogP contribution in [0.4, 0.5) is 0 Å². The number of nitrogens with one attached hydrogen (secondary N) is 1.